The standard InChI is InChI=1S/C16H12F2N2OS/c1-2-9-3-6-13-14(7-9)22-16(19-13)20-15(21)10-4-5-11(17)12(18)8-10/h3-8H,2H2,1H3,(H,19,20,21). The Hall–Kier alpha value is -2.34. The average molecular weight is 318 g/mol. The fourth-order valence-electron chi connectivity index (χ4n) is 2.05. The molecule has 0 fully saturated rings. The second-order valence-electron chi connectivity index (χ2n) is 4.76. The molecule has 0 aliphatic heterocycles. The zero-order chi connectivity index (χ0) is 15.7. The molecule has 6 heteroatoms. The number of anilines is 1. The summed E-state index contributed by atoms with van der Waals surface area (Å²) in [6.45, 7) is 2.06. The molecular formula is C16H12F2N2OS. The Balaban J connectivity index is 1.85. The molecular weight excluding hydrogens is 306 g/mol. The molecule has 2 aromatic carbocycles. The van der Waals surface area contributed by atoms with Gasteiger partial charge in [0.1, 0.15) is 0 Å². The van der Waals surface area contributed by atoms with Gasteiger partial charge in [-0.15, -0.1) is 0 Å². The van der Waals surface area contributed by atoms with Crippen molar-refractivity contribution in [3.05, 3.63) is 59.2 Å². The van der Waals surface area contributed by atoms with E-state index in [1.807, 2.05) is 18.2 Å². The number of benzene rings is 2. The summed E-state index contributed by atoms with van der Waals surface area (Å²) in [5.74, 6) is -2.55. The summed E-state index contributed by atoms with van der Waals surface area (Å²) >= 11 is 1.35. The van der Waals surface area contributed by atoms with Gasteiger partial charge in [-0.05, 0) is 42.3 Å². The Morgan fingerprint density at radius 2 is 2.00 bits per heavy atom. The summed E-state index contributed by atoms with van der Waals surface area (Å²) in [5.41, 5.74) is 2.03. The molecule has 0 unspecified atom stereocenters. The summed E-state index contributed by atoms with van der Waals surface area (Å²) in [6, 6.07) is 8.95. The molecule has 0 atom stereocenters. The Kier molecular flexibility index (Phi) is 3.85. The van der Waals surface area contributed by atoms with E-state index in [2.05, 4.69) is 17.2 Å². The Morgan fingerprint density at radius 3 is 2.73 bits per heavy atom. The number of aryl methyl sites for hydroxylation is 1. The minimum Gasteiger partial charge on any atom is -0.298 e. The first-order valence-electron chi connectivity index (χ1n) is 6.72. The van der Waals surface area contributed by atoms with Crippen LogP contribution in [0.4, 0.5) is 13.9 Å². The van der Waals surface area contributed by atoms with Crippen molar-refractivity contribution < 1.29 is 13.6 Å². The zero-order valence-electron chi connectivity index (χ0n) is 11.7. The molecule has 1 aromatic heterocycles. The van der Waals surface area contributed by atoms with Crippen molar-refractivity contribution in [1.29, 1.82) is 0 Å². The molecule has 22 heavy (non-hydrogen) atoms. The van der Waals surface area contributed by atoms with Crippen LogP contribution in [-0.4, -0.2) is 10.9 Å². The number of carbonyl (C=O) groups excluding carboxylic acids is 1. The first kappa shape index (κ1) is 14.6. The van der Waals surface area contributed by atoms with Crippen molar-refractivity contribution in [2.75, 3.05) is 5.32 Å². The molecule has 0 spiro atoms. The van der Waals surface area contributed by atoms with Crippen LogP contribution < -0.4 is 5.32 Å². The van der Waals surface area contributed by atoms with Gasteiger partial charge in [0.25, 0.3) is 5.91 Å². The zero-order valence-corrected chi connectivity index (χ0v) is 12.5. The van der Waals surface area contributed by atoms with Crippen LogP contribution in [0.3, 0.4) is 0 Å². The number of carbonyl (C=O) groups is 1. The third-order valence-corrected chi connectivity index (χ3v) is 4.20. The van der Waals surface area contributed by atoms with E-state index in [9.17, 15) is 13.6 Å². The molecule has 0 saturated carbocycles. The molecule has 3 rings (SSSR count). The van der Waals surface area contributed by atoms with Gasteiger partial charge >= 0.3 is 0 Å². The maximum atomic E-state index is 13.2. The molecule has 0 radical (unpaired) electrons. The highest BCUT2D eigenvalue weighted by molar-refractivity contribution is 7.22. The average Bonchev–Trinajstić information content (AvgIpc) is 2.90. The van der Waals surface area contributed by atoms with E-state index >= 15 is 0 Å². The van der Waals surface area contributed by atoms with E-state index in [4.69, 9.17) is 0 Å². The third-order valence-electron chi connectivity index (χ3n) is 3.26. The fraction of sp³-hybridized carbons (Fsp3) is 0.125. The summed E-state index contributed by atoms with van der Waals surface area (Å²) in [7, 11) is 0. The first-order chi connectivity index (χ1) is 10.6. The number of nitrogens with one attached hydrogen (secondary N) is 1. The minimum atomic E-state index is -1.05. The number of rotatable bonds is 3. The van der Waals surface area contributed by atoms with Crippen molar-refractivity contribution >= 4 is 32.6 Å². The largest absolute Gasteiger partial charge is 0.298 e. The molecule has 1 N–H and O–H groups in total. The molecule has 0 bridgehead atoms. The van der Waals surface area contributed by atoms with Crippen LogP contribution in [0.5, 0.6) is 0 Å². The number of hydrogen-bond donors (Lipinski definition) is 1. The summed E-state index contributed by atoms with van der Waals surface area (Å²) in [5, 5.41) is 3.04. The lowest BCUT2D eigenvalue weighted by Crippen LogP contribution is -2.12. The van der Waals surface area contributed by atoms with Gasteiger partial charge in [0.2, 0.25) is 0 Å². The van der Waals surface area contributed by atoms with Gasteiger partial charge in [-0.2, -0.15) is 0 Å². The fourth-order valence-corrected chi connectivity index (χ4v) is 2.97. The normalized spacial score (nSPS) is 10.9. The first-order valence-corrected chi connectivity index (χ1v) is 7.54. The van der Waals surface area contributed by atoms with Crippen LogP contribution in [0.25, 0.3) is 10.2 Å². The van der Waals surface area contributed by atoms with E-state index in [0.29, 0.717) is 5.13 Å². The van der Waals surface area contributed by atoms with Gasteiger partial charge < -0.3 is 0 Å². The predicted octanol–water partition coefficient (Wildman–Crippen LogP) is 4.39. The number of amides is 1. The van der Waals surface area contributed by atoms with Crippen LogP contribution in [0.2, 0.25) is 0 Å². The lowest BCUT2D eigenvalue weighted by molar-refractivity contribution is 0.102. The SMILES string of the molecule is CCc1ccc2nc(NC(=O)c3ccc(F)c(F)c3)sc2c1. The van der Waals surface area contributed by atoms with Crippen LogP contribution in [-0.2, 0) is 6.42 Å². The van der Waals surface area contributed by atoms with Crippen molar-refractivity contribution in [3.63, 3.8) is 0 Å². The van der Waals surface area contributed by atoms with Gasteiger partial charge in [-0.3, -0.25) is 10.1 Å². The highest BCUT2D eigenvalue weighted by Crippen LogP contribution is 2.27. The number of halogens is 2. The van der Waals surface area contributed by atoms with Crippen LogP contribution in [0.15, 0.2) is 36.4 Å². The molecule has 3 nitrogen and oxygen atoms in total. The topological polar surface area (TPSA) is 42.0 Å². The molecule has 1 heterocycles. The summed E-state index contributed by atoms with van der Waals surface area (Å²) in [4.78, 5) is 16.4. The molecule has 1 amide bonds. The Labute approximate surface area is 129 Å². The van der Waals surface area contributed by atoms with Crippen molar-refractivity contribution in [1.82, 2.24) is 4.98 Å². The number of fused-ring (bicyclic) bond motifs is 1. The highest BCUT2D eigenvalue weighted by Gasteiger charge is 2.12. The lowest BCUT2D eigenvalue weighted by Gasteiger charge is -2.01. The third kappa shape index (κ3) is 2.82. The molecule has 0 aliphatic rings. The van der Waals surface area contributed by atoms with Gasteiger partial charge in [0.15, 0.2) is 16.8 Å². The second-order valence-corrected chi connectivity index (χ2v) is 5.79. The number of nitrogens with zero attached hydrogens (tertiary/aromatic N) is 1. The maximum absolute atomic E-state index is 13.2. The minimum absolute atomic E-state index is 0.0485. The van der Waals surface area contributed by atoms with Crippen LogP contribution >= 0.6 is 11.3 Å². The maximum Gasteiger partial charge on any atom is 0.257 e. The van der Waals surface area contributed by atoms with Gasteiger partial charge in [0, 0.05) is 5.56 Å². The van der Waals surface area contributed by atoms with Crippen molar-refractivity contribution in [2.24, 2.45) is 0 Å². The number of hydrogen-bond acceptors (Lipinski definition) is 3. The Morgan fingerprint density at radius 1 is 1.18 bits per heavy atom. The molecule has 0 aliphatic carbocycles. The monoisotopic (exact) mass is 318 g/mol. The van der Waals surface area contributed by atoms with E-state index in [0.717, 1.165) is 28.8 Å². The van der Waals surface area contributed by atoms with Gasteiger partial charge in [0.05, 0.1) is 10.2 Å². The van der Waals surface area contributed by atoms with Crippen LogP contribution in [0.1, 0.15) is 22.8 Å². The molecule has 0 saturated heterocycles. The van der Waals surface area contributed by atoms with E-state index in [-0.39, 0.29) is 5.56 Å². The molecule has 3 aromatic rings. The quantitative estimate of drug-likeness (QED) is 0.778. The predicted molar refractivity (Wildman–Crippen MR) is 83.3 cm³/mol. The summed E-state index contributed by atoms with van der Waals surface area (Å²) in [6.07, 6.45) is 0.921. The molecule has 112 valence electrons. The second kappa shape index (κ2) is 5.81. The van der Waals surface area contributed by atoms with Crippen LogP contribution in [0, 0.1) is 11.6 Å². The van der Waals surface area contributed by atoms with Crippen molar-refractivity contribution in [3.8, 4) is 0 Å². The van der Waals surface area contributed by atoms with Gasteiger partial charge in [-0.1, -0.05) is 24.3 Å². The highest BCUT2D eigenvalue weighted by atomic mass is 32.1. The van der Waals surface area contributed by atoms with Gasteiger partial charge in [-0.25, -0.2) is 13.8 Å². The van der Waals surface area contributed by atoms with E-state index in [1.165, 1.54) is 23.0 Å². The number of aromatic nitrogens is 1. The smallest absolute Gasteiger partial charge is 0.257 e. The Bertz CT molecular complexity index is 860. The van der Waals surface area contributed by atoms with Crippen molar-refractivity contribution in [2.45, 2.75) is 13.3 Å². The van der Waals surface area contributed by atoms with E-state index in [1.54, 1.807) is 0 Å². The summed E-state index contributed by atoms with van der Waals surface area (Å²) < 4.78 is 27.0. The number of thiazole rings is 1. The lowest BCUT2D eigenvalue weighted by atomic mass is 10.2. The van der Waals surface area contributed by atoms with E-state index < -0.39 is 17.5 Å².